The van der Waals surface area contributed by atoms with Crippen molar-refractivity contribution in [1.82, 2.24) is 25.3 Å². The number of hydrogen-bond donors (Lipinski definition) is 3. The minimum atomic E-state index is -0.525. The number of likely N-dealkylation sites (tertiary alicyclic amines) is 1. The molecule has 5 aliphatic rings. The normalized spacial score (nSPS) is 22.8. The summed E-state index contributed by atoms with van der Waals surface area (Å²) in [5, 5.41) is 21.3. The number of benzene rings is 3. The van der Waals surface area contributed by atoms with Crippen LogP contribution in [0, 0.1) is 5.82 Å². The van der Waals surface area contributed by atoms with E-state index in [1.165, 1.54) is 6.07 Å². The molecule has 5 aliphatic heterocycles. The average Bonchev–Trinajstić information content (AvgIpc) is 3.50. The van der Waals surface area contributed by atoms with Gasteiger partial charge in [0, 0.05) is 101 Å². The molecule has 59 heavy (non-hydrogen) atoms. The Morgan fingerprint density at radius 2 is 1.59 bits per heavy atom. The van der Waals surface area contributed by atoms with Crippen LogP contribution in [0.4, 0.5) is 27.3 Å². The molecule has 2 bridgehead atoms. The Kier molecular flexibility index (Phi) is 10.7. The Morgan fingerprint density at radius 3 is 2.32 bits per heavy atom. The van der Waals surface area contributed by atoms with E-state index in [4.69, 9.17) is 10.5 Å². The van der Waals surface area contributed by atoms with Gasteiger partial charge < -0.3 is 35.2 Å². The lowest BCUT2D eigenvalue weighted by Gasteiger charge is -2.43. The van der Waals surface area contributed by atoms with Crippen LogP contribution in [0.1, 0.15) is 50.0 Å². The molecular weight excluding hydrogens is 754 g/mol. The SMILES string of the molecule is Nc1nnc(-c2ccccc2O)cc1N1C[C@H]2CC[C@@H](C1)N2c1cccc(OC2CCN(C(=O)CN3CCN(c4ccc(C5CCC(=O)NC5=O)cc4F)CC3)CC2)c1. The number of amides is 3. The fourth-order valence-electron chi connectivity index (χ4n) is 9.57. The fourth-order valence-corrected chi connectivity index (χ4v) is 9.57. The molecule has 3 amide bonds. The van der Waals surface area contributed by atoms with Crippen LogP contribution in [0.3, 0.4) is 0 Å². The fraction of sp³-hybridized carbons (Fsp3) is 0.432. The van der Waals surface area contributed by atoms with Crippen molar-refractivity contribution < 1.29 is 28.6 Å². The van der Waals surface area contributed by atoms with Crippen molar-refractivity contribution in [2.45, 2.75) is 62.6 Å². The second-order valence-corrected chi connectivity index (χ2v) is 16.4. The maximum atomic E-state index is 15.2. The molecule has 1 unspecified atom stereocenters. The molecule has 1 aromatic heterocycles. The summed E-state index contributed by atoms with van der Waals surface area (Å²) in [7, 11) is 0. The van der Waals surface area contributed by atoms with Gasteiger partial charge in [-0.3, -0.25) is 24.6 Å². The van der Waals surface area contributed by atoms with Crippen molar-refractivity contribution in [3.05, 3.63) is 84.2 Å². The molecular formula is C44H50FN9O5. The van der Waals surface area contributed by atoms with Gasteiger partial charge in [-0.25, -0.2) is 4.39 Å². The Morgan fingerprint density at radius 1 is 0.831 bits per heavy atom. The van der Waals surface area contributed by atoms with E-state index in [2.05, 4.69) is 48.4 Å². The van der Waals surface area contributed by atoms with Crippen LogP contribution in [0.25, 0.3) is 11.3 Å². The zero-order valence-corrected chi connectivity index (χ0v) is 33.0. The molecule has 4 N–H and O–H groups in total. The van der Waals surface area contributed by atoms with Crippen LogP contribution in [0.15, 0.2) is 72.8 Å². The van der Waals surface area contributed by atoms with Gasteiger partial charge in [0.05, 0.1) is 29.5 Å². The predicted octanol–water partition coefficient (Wildman–Crippen LogP) is 4.14. The largest absolute Gasteiger partial charge is 0.507 e. The molecule has 9 rings (SSSR count). The first-order valence-electron chi connectivity index (χ1n) is 20.8. The Labute approximate surface area is 342 Å². The third kappa shape index (κ3) is 8.07. The number of rotatable bonds is 9. The highest BCUT2D eigenvalue weighted by Gasteiger charge is 2.41. The molecule has 6 heterocycles. The molecule has 0 aliphatic carbocycles. The van der Waals surface area contributed by atoms with Gasteiger partial charge in [-0.1, -0.05) is 24.3 Å². The molecule has 0 saturated carbocycles. The number of halogens is 1. The highest BCUT2D eigenvalue weighted by Crippen LogP contribution is 2.40. The van der Waals surface area contributed by atoms with Crippen molar-refractivity contribution in [3.8, 4) is 22.8 Å². The number of nitrogen functional groups attached to an aromatic ring is 1. The van der Waals surface area contributed by atoms with Crippen molar-refractivity contribution >= 4 is 40.6 Å². The molecule has 308 valence electrons. The summed E-state index contributed by atoms with van der Waals surface area (Å²) >= 11 is 0. The summed E-state index contributed by atoms with van der Waals surface area (Å²) in [6.07, 6.45) is 4.29. The van der Waals surface area contributed by atoms with Crippen molar-refractivity contribution in [1.29, 1.82) is 0 Å². The van der Waals surface area contributed by atoms with Gasteiger partial charge in [0.15, 0.2) is 5.82 Å². The first-order chi connectivity index (χ1) is 28.7. The van der Waals surface area contributed by atoms with E-state index < -0.39 is 5.92 Å². The number of fused-ring (bicyclic) bond motifs is 2. The Hall–Kier alpha value is -5.96. The zero-order chi connectivity index (χ0) is 40.6. The molecule has 14 nitrogen and oxygen atoms in total. The van der Waals surface area contributed by atoms with Gasteiger partial charge in [-0.05, 0) is 67.3 Å². The third-order valence-corrected chi connectivity index (χ3v) is 12.7. The summed E-state index contributed by atoms with van der Waals surface area (Å²) in [6, 6.07) is 22.9. The Balaban J connectivity index is 0.744. The number of imide groups is 1. The number of anilines is 4. The minimum absolute atomic E-state index is 0.0168. The quantitative estimate of drug-likeness (QED) is 0.208. The van der Waals surface area contributed by atoms with Crippen LogP contribution < -0.4 is 30.5 Å². The molecule has 15 heteroatoms. The summed E-state index contributed by atoms with van der Waals surface area (Å²) in [5.41, 5.74) is 10.6. The van der Waals surface area contributed by atoms with Crippen LogP contribution in [0.2, 0.25) is 0 Å². The van der Waals surface area contributed by atoms with E-state index >= 15 is 4.39 Å². The average molecular weight is 804 g/mol. The van der Waals surface area contributed by atoms with Gasteiger partial charge in [0.1, 0.15) is 23.4 Å². The number of carbonyl (C=O) groups excluding carboxylic acids is 3. The molecule has 3 atom stereocenters. The van der Waals surface area contributed by atoms with E-state index in [1.807, 2.05) is 34.1 Å². The highest BCUT2D eigenvalue weighted by molar-refractivity contribution is 6.01. The number of phenols is 1. The number of phenolic OH excluding ortho intramolecular Hbond substituents is 1. The van der Waals surface area contributed by atoms with Crippen molar-refractivity contribution in [3.63, 3.8) is 0 Å². The number of piperazine rings is 2. The summed E-state index contributed by atoms with van der Waals surface area (Å²) in [6.45, 7) is 5.65. The summed E-state index contributed by atoms with van der Waals surface area (Å²) < 4.78 is 21.8. The Bertz CT molecular complexity index is 2210. The van der Waals surface area contributed by atoms with Crippen LogP contribution in [-0.2, 0) is 14.4 Å². The number of aromatic hydroxyl groups is 1. The van der Waals surface area contributed by atoms with E-state index in [9.17, 15) is 19.5 Å². The highest BCUT2D eigenvalue weighted by atomic mass is 19.1. The summed E-state index contributed by atoms with van der Waals surface area (Å²) in [4.78, 5) is 48.0. The van der Waals surface area contributed by atoms with Crippen LogP contribution in [0.5, 0.6) is 11.5 Å². The maximum absolute atomic E-state index is 15.2. The number of nitrogens with two attached hydrogens (primary N) is 1. The maximum Gasteiger partial charge on any atom is 0.236 e. The predicted molar refractivity (Wildman–Crippen MR) is 222 cm³/mol. The number of nitrogens with zero attached hydrogens (tertiary/aromatic N) is 7. The van der Waals surface area contributed by atoms with Crippen molar-refractivity contribution in [2.75, 3.05) is 79.3 Å². The second kappa shape index (κ2) is 16.4. The van der Waals surface area contributed by atoms with Gasteiger partial charge >= 0.3 is 0 Å². The number of hydrogen-bond acceptors (Lipinski definition) is 12. The molecule has 3 aromatic carbocycles. The third-order valence-electron chi connectivity index (χ3n) is 12.7. The molecule has 4 aromatic rings. The van der Waals surface area contributed by atoms with Gasteiger partial charge in [0.25, 0.3) is 0 Å². The number of nitrogens with one attached hydrogen (secondary N) is 1. The van der Waals surface area contributed by atoms with Crippen LogP contribution in [-0.4, -0.2) is 120 Å². The number of piperidine rings is 2. The molecule has 5 saturated heterocycles. The summed E-state index contributed by atoms with van der Waals surface area (Å²) in [5.74, 6) is -0.102. The first kappa shape index (κ1) is 38.6. The molecule has 0 spiro atoms. The first-order valence-corrected chi connectivity index (χ1v) is 20.8. The zero-order valence-electron chi connectivity index (χ0n) is 33.0. The van der Waals surface area contributed by atoms with Gasteiger partial charge in [-0.15, -0.1) is 10.2 Å². The number of carbonyl (C=O) groups is 3. The van der Waals surface area contributed by atoms with Crippen molar-refractivity contribution in [2.24, 2.45) is 0 Å². The number of ether oxygens (including phenoxy) is 1. The van der Waals surface area contributed by atoms with E-state index in [-0.39, 0.29) is 41.8 Å². The lowest BCUT2D eigenvalue weighted by Crippen LogP contribution is -2.54. The molecule has 5 fully saturated rings. The minimum Gasteiger partial charge on any atom is -0.507 e. The lowest BCUT2D eigenvalue weighted by atomic mass is 9.90. The topological polar surface area (TPSA) is 161 Å². The second-order valence-electron chi connectivity index (χ2n) is 16.4. The standard InChI is InChI=1S/C44H50FN9O5/c45-36-22-28(34-11-13-41(56)47-44(34)58)8-12-38(36)51-20-18-50(19-21-51)27-42(57)52-16-14-32(15-17-52)59-33-5-3-4-29(23-33)54-30-9-10-31(54)26-53(25-30)39-24-37(48-49-43(39)46)35-6-1-2-7-40(35)55/h1-8,12,22-24,30-32,34,55H,9-11,13-21,25-27H2,(H2,46,49)(H,47,56,58)/t30-,31+,34?. The van der Waals surface area contributed by atoms with Crippen LogP contribution >= 0.6 is 0 Å². The van der Waals surface area contributed by atoms with E-state index in [0.717, 1.165) is 55.9 Å². The van der Waals surface area contributed by atoms with Gasteiger partial charge in [-0.2, -0.15) is 0 Å². The lowest BCUT2D eigenvalue weighted by molar-refractivity contribution is -0.135. The van der Waals surface area contributed by atoms with E-state index in [1.54, 1.807) is 24.3 Å². The van der Waals surface area contributed by atoms with Gasteiger partial charge in [0.2, 0.25) is 17.7 Å². The number of para-hydroxylation sites is 1. The van der Waals surface area contributed by atoms with E-state index in [0.29, 0.717) is 92.6 Å². The smallest absolute Gasteiger partial charge is 0.236 e. The molecule has 0 radical (unpaired) electrons. The number of aromatic nitrogens is 2. The monoisotopic (exact) mass is 803 g/mol.